The first-order valence-corrected chi connectivity index (χ1v) is 16.6. The number of anilines is 2. The van der Waals surface area contributed by atoms with Gasteiger partial charge in [-0.05, 0) is 100 Å². The summed E-state index contributed by atoms with van der Waals surface area (Å²) in [6, 6.07) is 6.41. The van der Waals surface area contributed by atoms with Crippen LogP contribution < -0.4 is 10.6 Å². The summed E-state index contributed by atoms with van der Waals surface area (Å²) in [5.41, 5.74) is 12.6. The van der Waals surface area contributed by atoms with Gasteiger partial charge in [-0.2, -0.15) is 5.26 Å². The molecule has 4 atom stereocenters. The Hall–Kier alpha value is -2.79. The van der Waals surface area contributed by atoms with Crippen molar-refractivity contribution in [3.8, 4) is 6.07 Å². The highest BCUT2D eigenvalue weighted by Crippen LogP contribution is 2.52. The molecular formula is C35H48F2N6. The summed E-state index contributed by atoms with van der Waals surface area (Å²) in [4.78, 5) is 14.5. The molecule has 0 amide bonds. The molecule has 43 heavy (non-hydrogen) atoms. The number of halogens is 2. The van der Waals surface area contributed by atoms with Crippen molar-refractivity contribution in [3.63, 3.8) is 0 Å². The fourth-order valence-electron chi connectivity index (χ4n) is 8.63. The molecule has 232 valence electrons. The van der Waals surface area contributed by atoms with E-state index in [0.29, 0.717) is 36.6 Å². The molecular weight excluding hydrogens is 542 g/mol. The van der Waals surface area contributed by atoms with Crippen molar-refractivity contribution in [1.82, 2.24) is 14.9 Å². The van der Waals surface area contributed by atoms with Crippen molar-refractivity contribution < 1.29 is 8.78 Å². The van der Waals surface area contributed by atoms with Crippen LogP contribution in [0, 0.1) is 16.7 Å². The predicted molar refractivity (Wildman–Crippen MR) is 168 cm³/mol. The first kappa shape index (κ1) is 30.2. The highest BCUT2D eigenvalue weighted by molar-refractivity contribution is 5.63. The summed E-state index contributed by atoms with van der Waals surface area (Å²) in [5, 5.41) is 9.95. The summed E-state index contributed by atoms with van der Waals surface area (Å²) in [6.45, 7) is 12.3. The van der Waals surface area contributed by atoms with Gasteiger partial charge in [0.1, 0.15) is 30.1 Å². The molecule has 3 aliphatic heterocycles. The van der Waals surface area contributed by atoms with E-state index in [4.69, 9.17) is 15.7 Å². The summed E-state index contributed by atoms with van der Waals surface area (Å²) >= 11 is 0. The lowest BCUT2D eigenvalue weighted by Gasteiger charge is -2.58. The molecule has 2 N–H and O–H groups in total. The molecule has 3 saturated heterocycles. The second-order valence-corrected chi connectivity index (χ2v) is 14.3. The second-order valence-electron chi connectivity index (χ2n) is 14.3. The average Bonchev–Trinajstić information content (AvgIpc) is 3.45. The Morgan fingerprint density at radius 3 is 2.56 bits per heavy atom. The number of hydrogen-bond donors (Lipinski definition) is 1. The van der Waals surface area contributed by atoms with Crippen molar-refractivity contribution in [2.24, 2.45) is 5.41 Å². The number of aryl methyl sites for hydroxylation is 1. The van der Waals surface area contributed by atoms with Crippen LogP contribution in [0.25, 0.3) is 0 Å². The summed E-state index contributed by atoms with van der Waals surface area (Å²) in [7, 11) is 0. The van der Waals surface area contributed by atoms with Crippen molar-refractivity contribution >= 4 is 11.5 Å². The predicted octanol–water partition coefficient (Wildman–Crippen LogP) is 6.80. The maximum absolute atomic E-state index is 13.5. The molecule has 1 saturated carbocycles. The molecule has 1 spiro atoms. The van der Waals surface area contributed by atoms with Gasteiger partial charge >= 0.3 is 0 Å². The number of fused-ring (bicyclic) bond motifs is 2. The minimum Gasteiger partial charge on any atom is -0.398 e. The van der Waals surface area contributed by atoms with E-state index in [1.54, 1.807) is 0 Å². The lowest BCUT2D eigenvalue weighted by atomic mass is 9.62. The lowest BCUT2D eigenvalue weighted by molar-refractivity contribution is 0.000292. The molecule has 7 rings (SSSR count). The van der Waals surface area contributed by atoms with Gasteiger partial charge in [-0.1, -0.05) is 26.8 Å². The number of aromatic nitrogens is 2. The Bertz CT molecular complexity index is 1390. The number of alkyl halides is 2. The molecule has 2 aliphatic carbocycles. The normalized spacial score (nSPS) is 28.3. The van der Waals surface area contributed by atoms with Crippen molar-refractivity contribution in [2.45, 2.75) is 122 Å². The Kier molecular flexibility index (Phi) is 8.17. The van der Waals surface area contributed by atoms with Crippen LogP contribution in [0.15, 0.2) is 12.1 Å². The maximum Gasteiger partial charge on any atom is 0.135 e. The number of benzene rings is 1. The number of hydrogen-bond acceptors (Lipinski definition) is 6. The molecule has 0 bridgehead atoms. The lowest BCUT2D eigenvalue weighted by Crippen LogP contribution is -2.63. The van der Waals surface area contributed by atoms with E-state index in [1.807, 2.05) is 6.07 Å². The van der Waals surface area contributed by atoms with Crippen LogP contribution in [0.5, 0.6) is 0 Å². The fraction of sp³-hybridized carbons (Fsp3) is 0.686. The molecule has 6 nitrogen and oxygen atoms in total. The molecule has 1 aromatic carbocycles. The molecule has 5 aliphatic rings. The summed E-state index contributed by atoms with van der Waals surface area (Å²) in [6.07, 6.45) is 7.94. The second kappa shape index (κ2) is 11.6. The van der Waals surface area contributed by atoms with Crippen LogP contribution >= 0.6 is 0 Å². The summed E-state index contributed by atoms with van der Waals surface area (Å²) in [5.74, 6) is 2.55. The zero-order chi connectivity index (χ0) is 30.5. The smallest absolute Gasteiger partial charge is 0.135 e. The Labute approximate surface area is 256 Å². The van der Waals surface area contributed by atoms with Crippen LogP contribution in [0.1, 0.15) is 118 Å². The highest BCUT2D eigenvalue weighted by Gasteiger charge is 2.53. The number of nitriles is 1. The minimum absolute atomic E-state index is 0.176. The van der Waals surface area contributed by atoms with Gasteiger partial charge in [0.25, 0.3) is 0 Å². The number of rotatable bonds is 5. The SMILES string of the molecule is CC12CCCN1CC(F)C2.CCc1nc2c(c(N3CC4(CC(F)C4)C3)n1)CCC(c1c([C@@H](C)CC)ccc(N)c1C#N)C2. The molecule has 4 heterocycles. The standard InChI is InChI=1S/C27H34FN5.C8H14FN/c1-4-16(3)19-8-9-22(30)21(13-29)25(19)17-6-7-20-23(10-17)31-24(5-2)32-26(20)33-14-27(15-33)11-18(28)12-27;1-8-3-2-4-10(8)6-7(9)5-8/h8-9,16-18H,4-7,10-12,14-15,30H2,1-3H3;7H,2-6H2,1H3/t16-,17?;/m0./s1. The third kappa shape index (κ3) is 5.52. The van der Waals surface area contributed by atoms with E-state index >= 15 is 0 Å². The molecule has 0 radical (unpaired) electrons. The molecule has 4 fully saturated rings. The van der Waals surface area contributed by atoms with Gasteiger partial charge in [-0.15, -0.1) is 0 Å². The fourth-order valence-corrected chi connectivity index (χ4v) is 8.63. The largest absolute Gasteiger partial charge is 0.398 e. The minimum atomic E-state index is -0.620. The Morgan fingerprint density at radius 2 is 1.91 bits per heavy atom. The average molecular weight is 591 g/mol. The molecule has 8 heteroatoms. The van der Waals surface area contributed by atoms with Crippen LogP contribution in [0.2, 0.25) is 0 Å². The van der Waals surface area contributed by atoms with Gasteiger partial charge in [-0.3, -0.25) is 4.90 Å². The first-order valence-electron chi connectivity index (χ1n) is 16.6. The maximum atomic E-state index is 13.5. The third-order valence-corrected chi connectivity index (χ3v) is 11.2. The molecule has 2 aromatic rings. The van der Waals surface area contributed by atoms with Crippen LogP contribution in [0.3, 0.4) is 0 Å². The quantitative estimate of drug-likeness (QED) is 0.386. The first-order chi connectivity index (χ1) is 20.6. The van der Waals surface area contributed by atoms with E-state index in [1.165, 1.54) is 24.0 Å². The van der Waals surface area contributed by atoms with Gasteiger partial charge in [0.2, 0.25) is 0 Å². The van der Waals surface area contributed by atoms with Gasteiger partial charge in [0.15, 0.2) is 0 Å². The van der Waals surface area contributed by atoms with Crippen LogP contribution in [-0.4, -0.2) is 58.9 Å². The molecule has 1 aromatic heterocycles. The highest BCUT2D eigenvalue weighted by atomic mass is 19.1. The van der Waals surface area contributed by atoms with Crippen LogP contribution in [-0.2, 0) is 19.3 Å². The summed E-state index contributed by atoms with van der Waals surface area (Å²) < 4.78 is 26.3. The topological polar surface area (TPSA) is 82.1 Å². The Balaban J connectivity index is 0.000000277. The van der Waals surface area contributed by atoms with Gasteiger partial charge < -0.3 is 10.6 Å². The van der Waals surface area contributed by atoms with Gasteiger partial charge in [-0.25, -0.2) is 18.7 Å². The van der Waals surface area contributed by atoms with Crippen molar-refractivity contribution in [3.05, 3.63) is 45.9 Å². The zero-order valence-electron chi connectivity index (χ0n) is 26.4. The van der Waals surface area contributed by atoms with Crippen LogP contribution in [0.4, 0.5) is 20.3 Å². The van der Waals surface area contributed by atoms with E-state index in [-0.39, 0.29) is 16.9 Å². The number of nitrogens with zero attached hydrogens (tertiary/aromatic N) is 5. The van der Waals surface area contributed by atoms with E-state index in [9.17, 15) is 14.0 Å². The van der Waals surface area contributed by atoms with E-state index in [0.717, 1.165) is 81.1 Å². The van der Waals surface area contributed by atoms with Gasteiger partial charge in [0.05, 0.1) is 11.3 Å². The third-order valence-electron chi connectivity index (χ3n) is 11.2. The van der Waals surface area contributed by atoms with E-state index in [2.05, 4.69) is 49.6 Å². The number of nitrogen functional groups attached to an aromatic ring is 1. The van der Waals surface area contributed by atoms with E-state index < -0.39 is 12.3 Å². The monoisotopic (exact) mass is 590 g/mol. The van der Waals surface area contributed by atoms with Gasteiger partial charge in [0, 0.05) is 48.3 Å². The zero-order valence-corrected chi connectivity index (χ0v) is 26.4. The van der Waals surface area contributed by atoms with Crippen molar-refractivity contribution in [1.29, 1.82) is 5.26 Å². The number of nitrogens with two attached hydrogens (primary N) is 1. The molecule has 3 unspecified atom stereocenters. The van der Waals surface area contributed by atoms with Crippen molar-refractivity contribution in [2.75, 3.05) is 36.8 Å². The Morgan fingerprint density at radius 1 is 1.14 bits per heavy atom.